The van der Waals surface area contributed by atoms with Gasteiger partial charge in [0.1, 0.15) is 10.7 Å². The zero-order chi connectivity index (χ0) is 14.8. The van der Waals surface area contributed by atoms with Crippen molar-refractivity contribution >= 4 is 26.0 Å². The van der Waals surface area contributed by atoms with Crippen molar-refractivity contribution < 1.29 is 12.8 Å². The second kappa shape index (κ2) is 6.03. The number of halogens is 2. The second-order valence-corrected chi connectivity index (χ2v) is 6.83. The minimum absolute atomic E-state index is 0.348. The highest BCUT2D eigenvalue weighted by Crippen LogP contribution is 2.24. The van der Waals surface area contributed by atoms with E-state index in [0.717, 1.165) is 16.1 Å². The van der Waals surface area contributed by atoms with Gasteiger partial charge >= 0.3 is 0 Å². The van der Waals surface area contributed by atoms with Crippen molar-refractivity contribution in [2.24, 2.45) is 0 Å². The predicted octanol–water partition coefficient (Wildman–Crippen LogP) is 3.63. The van der Waals surface area contributed by atoms with Crippen LogP contribution in [0.15, 0.2) is 57.9 Å². The number of nitrogens with one attached hydrogen (secondary N) is 1. The summed E-state index contributed by atoms with van der Waals surface area (Å²) < 4.78 is 41.2. The Labute approximate surface area is 126 Å². The third-order valence-corrected chi connectivity index (χ3v) is 5.13. The maximum absolute atomic E-state index is 13.6. The Morgan fingerprint density at radius 1 is 1.10 bits per heavy atom. The smallest absolute Gasteiger partial charge is 0.207 e. The Hall–Kier alpha value is -1.24. The predicted molar refractivity (Wildman–Crippen MR) is 79.3 cm³/mol. The number of hydrogen-bond acceptors (Lipinski definition) is 2. The Morgan fingerprint density at radius 2 is 1.70 bits per heavy atom. The summed E-state index contributed by atoms with van der Waals surface area (Å²) in [6, 6.07) is 12.1. The number of sulfonamides is 1. The molecule has 6 heteroatoms. The fraction of sp³-hybridized carbons (Fsp3) is 0.143. The summed E-state index contributed by atoms with van der Waals surface area (Å²) in [5.74, 6) is -0.765. The molecule has 0 bridgehead atoms. The van der Waals surface area contributed by atoms with Gasteiger partial charge in [-0.25, -0.2) is 17.5 Å². The standard InChI is InChI=1S/C14H13BrFNO2S/c1-10(11-6-2-3-7-12(11)15)17-20(18,19)14-9-5-4-8-13(14)16/h2-10,17H,1H3. The highest BCUT2D eigenvalue weighted by atomic mass is 79.9. The van der Waals surface area contributed by atoms with E-state index in [1.807, 2.05) is 18.2 Å². The van der Waals surface area contributed by atoms with Gasteiger partial charge in [0.05, 0.1) is 0 Å². The van der Waals surface area contributed by atoms with E-state index in [2.05, 4.69) is 20.7 Å². The second-order valence-electron chi connectivity index (χ2n) is 4.29. The van der Waals surface area contributed by atoms with Crippen LogP contribution in [0.3, 0.4) is 0 Å². The van der Waals surface area contributed by atoms with Crippen molar-refractivity contribution in [3.05, 3.63) is 64.4 Å². The summed E-state index contributed by atoms with van der Waals surface area (Å²) in [7, 11) is -3.90. The number of benzene rings is 2. The van der Waals surface area contributed by atoms with Gasteiger partial charge in [-0.05, 0) is 30.7 Å². The van der Waals surface area contributed by atoms with E-state index in [4.69, 9.17) is 0 Å². The van der Waals surface area contributed by atoms with Gasteiger partial charge in [0.2, 0.25) is 10.0 Å². The van der Waals surface area contributed by atoms with Crippen LogP contribution in [0.4, 0.5) is 4.39 Å². The Bertz CT molecular complexity index is 719. The zero-order valence-corrected chi connectivity index (χ0v) is 13.1. The molecule has 3 nitrogen and oxygen atoms in total. The van der Waals surface area contributed by atoms with Crippen LogP contribution in [-0.2, 0) is 10.0 Å². The summed E-state index contributed by atoms with van der Waals surface area (Å²) in [4.78, 5) is -0.348. The molecular formula is C14H13BrFNO2S. The summed E-state index contributed by atoms with van der Waals surface area (Å²) in [5.41, 5.74) is 0.785. The van der Waals surface area contributed by atoms with Gasteiger partial charge in [-0.1, -0.05) is 46.3 Å². The molecule has 0 saturated carbocycles. The molecule has 0 saturated heterocycles. The summed E-state index contributed by atoms with van der Waals surface area (Å²) in [6.45, 7) is 1.71. The molecule has 2 aromatic rings. The largest absolute Gasteiger partial charge is 0.244 e. The molecule has 0 aliphatic heterocycles. The van der Waals surface area contributed by atoms with Crippen molar-refractivity contribution in [2.75, 3.05) is 0 Å². The lowest BCUT2D eigenvalue weighted by molar-refractivity contribution is 0.546. The first-order valence-electron chi connectivity index (χ1n) is 5.93. The van der Waals surface area contributed by atoms with Gasteiger partial charge in [-0.15, -0.1) is 0 Å². The fourth-order valence-electron chi connectivity index (χ4n) is 1.85. The first kappa shape index (κ1) is 15.2. The quantitative estimate of drug-likeness (QED) is 0.907. The molecule has 0 aromatic heterocycles. The number of hydrogen-bond donors (Lipinski definition) is 1. The van der Waals surface area contributed by atoms with Crippen molar-refractivity contribution in [1.29, 1.82) is 0 Å². The molecule has 1 atom stereocenters. The minimum atomic E-state index is -3.90. The molecule has 2 rings (SSSR count). The fourth-order valence-corrected chi connectivity index (χ4v) is 3.78. The Morgan fingerprint density at radius 3 is 2.35 bits per heavy atom. The maximum Gasteiger partial charge on any atom is 0.244 e. The molecule has 0 radical (unpaired) electrons. The average molecular weight is 358 g/mol. The average Bonchev–Trinajstić information content (AvgIpc) is 2.38. The maximum atomic E-state index is 13.6. The normalized spacial score (nSPS) is 13.2. The van der Waals surface area contributed by atoms with Crippen LogP contribution in [0.5, 0.6) is 0 Å². The third-order valence-electron chi connectivity index (χ3n) is 2.83. The summed E-state index contributed by atoms with van der Waals surface area (Å²) in [6.07, 6.45) is 0. The molecule has 0 aliphatic carbocycles. The van der Waals surface area contributed by atoms with Crippen LogP contribution >= 0.6 is 15.9 Å². The van der Waals surface area contributed by atoms with Gasteiger partial charge in [0, 0.05) is 10.5 Å². The van der Waals surface area contributed by atoms with Crippen LogP contribution < -0.4 is 4.72 Å². The van der Waals surface area contributed by atoms with E-state index < -0.39 is 21.9 Å². The SMILES string of the molecule is CC(NS(=O)(=O)c1ccccc1F)c1ccccc1Br. The topological polar surface area (TPSA) is 46.2 Å². The molecule has 20 heavy (non-hydrogen) atoms. The van der Waals surface area contributed by atoms with E-state index in [9.17, 15) is 12.8 Å². The van der Waals surface area contributed by atoms with Gasteiger partial charge in [0.15, 0.2) is 0 Å². The Balaban J connectivity index is 2.30. The van der Waals surface area contributed by atoms with Crippen LogP contribution in [0.1, 0.15) is 18.5 Å². The van der Waals surface area contributed by atoms with E-state index in [1.165, 1.54) is 18.2 Å². The van der Waals surface area contributed by atoms with E-state index >= 15 is 0 Å². The molecule has 0 amide bonds. The molecule has 1 unspecified atom stereocenters. The highest BCUT2D eigenvalue weighted by Gasteiger charge is 2.22. The highest BCUT2D eigenvalue weighted by molar-refractivity contribution is 9.10. The lowest BCUT2D eigenvalue weighted by Crippen LogP contribution is -2.27. The van der Waals surface area contributed by atoms with Crippen LogP contribution in [0, 0.1) is 5.82 Å². The van der Waals surface area contributed by atoms with Crippen molar-refractivity contribution in [3.63, 3.8) is 0 Å². The molecule has 2 aromatic carbocycles. The van der Waals surface area contributed by atoms with Crippen LogP contribution in [0.2, 0.25) is 0 Å². The third kappa shape index (κ3) is 3.26. The molecule has 0 aliphatic rings. The van der Waals surface area contributed by atoms with E-state index in [0.29, 0.717) is 0 Å². The van der Waals surface area contributed by atoms with E-state index in [-0.39, 0.29) is 4.90 Å². The summed E-state index contributed by atoms with van der Waals surface area (Å²) >= 11 is 3.37. The van der Waals surface area contributed by atoms with Crippen LogP contribution in [-0.4, -0.2) is 8.42 Å². The lowest BCUT2D eigenvalue weighted by Gasteiger charge is -2.16. The van der Waals surface area contributed by atoms with Crippen molar-refractivity contribution in [1.82, 2.24) is 4.72 Å². The van der Waals surface area contributed by atoms with Gasteiger partial charge in [0.25, 0.3) is 0 Å². The molecular weight excluding hydrogens is 345 g/mol. The molecule has 106 valence electrons. The Kier molecular flexibility index (Phi) is 4.57. The van der Waals surface area contributed by atoms with Gasteiger partial charge in [-0.3, -0.25) is 0 Å². The van der Waals surface area contributed by atoms with Crippen LogP contribution in [0.25, 0.3) is 0 Å². The molecule has 0 fully saturated rings. The lowest BCUT2D eigenvalue weighted by atomic mass is 10.1. The number of rotatable bonds is 4. The molecule has 0 spiro atoms. The first-order valence-corrected chi connectivity index (χ1v) is 8.21. The monoisotopic (exact) mass is 357 g/mol. The zero-order valence-electron chi connectivity index (χ0n) is 10.7. The molecule has 0 heterocycles. The van der Waals surface area contributed by atoms with Crippen molar-refractivity contribution in [3.8, 4) is 0 Å². The van der Waals surface area contributed by atoms with Gasteiger partial charge in [-0.2, -0.15) is 0 Å². The van der Waals surface area contributed by atoms with Crippen molar-refractivity contribution in [2.45, 2.75) is 17.9 Å². The minimum Gasteiger partial charge on any atom is -0.207 e. The molecule has 1 N–H and O–H groups in total. The van der Waals surface area contributed by atoms with Gasteiger partial charge < -0.3 is 0 Å². The first-order chi connectivity index (χ1) is 9.42. The van der Waals surface area contributed by atoms with E-state index in [1.54, 1.807) is 13.0 Å². The summed E-state index contributed by atoms with van der Waals surface area (Å²) in [5, 5.41) is 0.